The van der Waals surface area contributed by atoms with E-state index in [0.29, 0.717) is 10.7 Å². The second-order valence-electron chi connectivity index (χ2n) is 7.81. The minimum Gasteiger partial charge on any atom is -0.497 e. The number of hydrazine groups is 1. The first-order chi connectivity index (χ1) is 14.0. The Morgan fingerprint density at radius 2 is 1.66 bits per heavy atom. The van der Waals surface area contributed by atoms with Gasteiger partial charge in [-0.25, -0.2) is 14.9 Å². The van der Waals surface area contributed by atoms with Gasteiger partial charge in [-0.1, -0.05) is 29.8 Å². The summed E-state index contributed by atoms with van der Waals surface area (Å²) in [4.78, 5) is 28.2. The predicted molar refractivity (Wildman–Crippen MR) is 110 cm³/mol. The fraction of sp³-hybridized carbons (Fsp3) is 0.364. The van der Waals surface area contributed by atoms with Crippen LogP contribution in [0.5, 0.6) is 5.75 Å². The van der Waals surface area contributed by atoms with E-state index in [4.69, 9.17) is 16.3 Å². The van der Waals surface area contributed by atoms with Crippen molar-refractivity contribution in [1.82, 2.24) is 10.0 Å². The summed E-state index contributed by atoms with van der Waals surface area (Å²) < 4.78 is 5.27. The van der Waals surface area contributed by atoms with Crippen molar-refractivity contribution >= 4 is 29.1 Å². The smallest absolute Gasteiger partial charge is 0.253 e. The molecule has 0 saturated carbocycles. The molecular formula is C22H22ClN3O3. The molecule has 2 aromatic carbocycles. The summed E-state index contributed by atoms with van der Waals surface area (Å²) in [5.41, 5.74) is 2.48. The van der Waals surface area contributed by atoms with Gasteiger partial charge in [-0.15, -0.1) is 0 Å². The van der Waals surface area contributed by atoms with E-state index in [1.54, 1.807) is 19.2 Å². The number of hydrogen-bond donors (Lipinski definition) is 0. The molecule has 3 atom stereocenters. The van der Waals surface area contributed by atoms with E-state index in [9.17, 15) is 9.59 Å². The van der Waals surface area contributed by atoms with Gasteiger partial charge in [0.15, 0.2) is 0 Å². The Morgan fingerprint density at radius 3 is 2.31 bits per heavy atom. The molecule has 3 heterocycles. The lowest BCUT2D eigenvalue weighted by molar-refractivity contribution is -0.126. The van der Waals surface area contributed by atoms with Gasteiger partial charge in [0.2, 0.25) is 5.91 Å². The van der Waals surface area contributed by atoms with Crippen molar-refractivity contribution in [2.75, 3.05) is 25.1 Å². The molecule has 7 heteroatoms. The molecule has 0 aromatic heterocycles. The van der Waals surface area contributed by atoms with Gasteiger partial charge >= 0.3 is 0 Å². The highest BCUT2D eigenvalue weighted by atomic mass is 35.5. The Labute approximate surface area is 174 Å². The summed E-state index contributed by atoms with van der Waals surface area (Å²) in [5.74, 6) is 0.0144. The molecule has 0 aliphatic carbocycles. The highest BCUT2D eigenvalue weighted by Crippen LogP contribution is 2.49. The first-order valence-corrected chi connectivity index (χ1v) is 10.2. The Hall–Kier alpha value is -2.41. The van der Waals surface area contributed by atoms with Crippen molar-refractivity contribution in [3.05, 3.63) is 58.6 Å². The Morgan fingerprint density at radius 1 is 0.966 bits per heavy atom. The number of carbonyl (C=O) groups excluding carboxylic acids is 2. The number of rotatable bonds is 3. The van der Waals surface area contributed by atoms with Crippen LogP contribution in [-0.4, -0.2) is 48.1 Å². The highest BCUT2D eigenvalue weighted by Gasteiger charge is 2.62. The monoisotopic (exact) mass is 411 g/mol. The lowest BCUT2D eigenvalue weighted by Crippen LogP contribution is -2.44. The molecule has 0 N–H and O–H groups in total. The number of nitrogens with zero attached hydrogens (tertiary/aromatic N) is 3. The van der Waals surface area contributed by atoms with E-state index in [1.807, 2.05) is 37.3 Å². The highest BCUT2D eigenvalue weighted by molar-refractivity contribution is 6.32. The minimum atomic E-state index is -0.461. The van der Waals surface area contributed by atoms with Crippen LogP contribution in [0.1, 0.15) is 23.6 Å². The first-order valence-electron chi connectivity index (χ1n) is 9.82. The van der Waals surface area contributed by atoms with Crippen LogP contribution in [0.4, 0.5) is 5.69 Å². The number of methoxy groups -OCH3 is 1. The van der Waals surface area contributed by atoms with E-state index in [-0.39, 0.29) is 17.9 Å². The number of anilines is 1. The summed E-state index contributed by atoms with van der Waals surface area (Å²) in [6.45, 7) is 3.53. The fourth-order valence-corrected chi connectivity index (χ4v) is 5.06. The second-order valence-corrected chi connectivity index (χ2v) is 8.22. The third kappa shape index (κ3) is 2.70. The van der Waals surface area contributed by atoms with Crippen LogP contribution in [0.15, 0.2) is 42.5 Å². The van der Waals surface area contributed by atoms with Crippen LogP contribution in [0, 0.1) is 12.8 Å². The van der Waals surface area contributed by atoms with Gasteiger partial charge in [-0.3, -0.25) is 9.59 Å². The lowest BCUT2D eigenvalue weighted by Gasteiger charge is -2.30. The van der Waals surface area contributed by atoms with Crippen molar-refractivity contribution in [3.63, 3.8) is 0 Å². The zero-order valence-electron chi connectivity index (χ0n) is 16.3. The molecule has 3 fully saturated rings. The molecule has 3 aliphatic heterocycles. The summed E-state index contributed by atoms with van der Waals surface area (Å²) in [6, 6.07) is 12.5. The Kier molecular flexibility index (Phi) is 4.38. The maximum atomic E-state index is 13.5. The maximum absolute atomic E-state index is 13.5. The number of amides is 2. The van der Waals surface area contributed by atoms with Crippen LogP contribution in [0.2, 0.25) is 5.02 Å². The van der Waals surface area contributed by atoms with Crippen LogP contribution in [0.3, 0.4) is 0 Å². The molecule has 3 aliphatic rings. The van der Waals surface area contributed by atoms with Gasteiger partial charge in [0, 0.05) is 18.1 Å². The number of imide groups is 1. The standard InChI is InChI=1S/C22H22ClN3O3/c1-13-4-7-15(12-17(13)23)26-21(27)18-19(14-5-8-16(29-2)9-6-14)24-10-3-11-25(24)20(18)22(26)28/h4-9,12,18-20H,3,10-11H2,1-2H3/t18-,19+,20-/m1/s1. The van der Waals surface area contributed by atoms with Gasteiger partial charge < -0.3 is 4.74 Å². The largest absolute Gasteiger partial charge is 0.497 e. The van der Waals surface area contributed by atoms with Crippen molar-refractivity contribution in [2.24, 2.45) is 5.92 Å². The first kappa shape index (κ1) is 18.6. The summed E-state index contributed by atoms with van der Waals surface area (Å²) in [6.07, 6.45) is 0.980. The van der Waals surface area contributed by atoms with Crippen molar-refractivity contribution in [1.29, 1.82) is 0 Å². The molecule has 0 spiro atoms. The zero-order chi connectivity index (χ0) is 20.3. The molecule has 0 bridgehead atoms. The van der Waals surface area contributed by atoms with Gasteiger partial charge in [0.05, 0.1) is 24.8 Å². The zero-order valence-corrected chi connectivity index (χ0v) is 17.1. The molecule has 2 amide bonds. The van der Waals surface area contributed by atoms with E-state index in [0.717, 1.165) is 36.4 Å². The average Bonchev–Trinajstić information content (AvgIpc) is 3.37. The molecule has 3 saturated heterocycles. The van der Waals surface area contributed by atoms with E-state index in [1.165, 1.54) is 4.90 Å². The second kappa shape index (κ2) is 6.83. The molecule has 0 unspecified atom stereocenters. The third-order valence-corrected chi connectivity index (χ3v) is 6.68. The topological polar surface area (TPSA) is 53.1 Å². The van der Waals surface area contributed by atoms with Gasteiger partial charge in [-0.2, -0.15) is 0 Å². The molecule has 2 aromatic rings. The summed E-state index contributed by atoms with van der Waals surface area (Å²) in [7, 11) is 1.63. The number of carbonyl (C=O) groups is 2. The molecule has 6 nitrogen and oxygen atoms in total. The van der Waals surface area contributed by atoms with E-state index >= 15 is 0 Å². The van der Waals surface area contributed by atoms with Crippen LogP contribution in [-0.2, 0) is 9.59 Å². The van der Waals surface area contributed by atoms with E-state index in [2.05, 4.69) is 10.0 Å². The van der Waals surface area contributed by atoms with Gasteiger partial charge in [-0.05, 0) is 48.7 Å². The number of fused-ring (bicyclic) bond motifs is 3. The number of aryl methyl sites for hydroxylation is 1. The summed E-state index contributed by atoms with van der Waals surface area (Å²) >= 11 is 6.27. The number of ether oxygens (including phenoxy) is 1. The predicted octanol–water partition coefficient (Wildman–Crippen LogP) is 3.19. The molecule has 150 valence electrons. The Balaban J connectivity index is 1.56. The van der Waals surface area contributed by atoms with Crippen molar-refractivity contribution in [3.8, 4) is 5.75 Å². The third-order valence-electron chi connectivity index (χ3n) is 6.28. The number of hydrogen-bond acceptors (Lipinski definition) is 5. The molecular weight excluding hydrogens is 390 g/mol. The molecule has 0 radical (unpaired) electrons. The maximum Gasteiger partial charge on any atom is 0.253 e. The van der Waals surface area contributed by atoms with Gasteiger partial charge in [0.1, 0.15) is 11.8 Å². The summed E-state index contributed by atoms with van der Waals surface area (Å²) in [5, 5.41) is 4.84. The van der Waals surface area contributed by atoms with Gasteiger partial charge in [0.25, 0.3) is 5.91 Å². The average molecular weight is 412 g/mol. The molecule has 5 rings (SSSR count). The van der Waals surface area contributed by atoms with Crippen molar-refractivity contribution < 1.29 is 14.3 Å². The normalized spacial score (nSPS) is 26.9. The van der Waals surface area contributed by atoms with Crippen LogP contribution >= 0.6 is 11.6 Å². The fourth-order valence-electron chi connectivity index (χ4n) is 4.89. The quantitative estimate of drug-likeness (QED) is 0.726. The Bertz CT molecular complexity index is 993. The van der Waals surface area contributed by atoms with Crippen LogP contribution in [0.25, 0.3) is 0 Å². The van der Waals surface area contributed by atoms with Crippen molar-refractivity contribution in [2.45, 2.75) is 25.4 Å². The SMILES string of the molecule is COc1ccc([C@H]2[C@H]3C(=O)N(c4ccc(C)c(Cl)c4)C(=O)[C@@H]3N3CCCN23)cc1. The lowest BCUT2D eigenvalue weighted by atomic mass is 9.90. The van der Waals surface area contributed by atoms with E-state index < -0.39 is 12.0 Å². The number of halogens is 1. The van der Waals surface area contributed by atoms with Crippen LogP contribution < -0.4 is 9.64 Å². The number of benzene rings is 2. The molecule has 29 heavy (non-hydrogen) atoms. The minimum absolute atomic E-state index is 0.157.